The summed E-state index contributed by atoms with van der Waals surface area (Å²) in [5.74, 6) is 0.543. The smallest absolute Gasteiger partial charge is 0.00715 e. The molecule has 2 N–H and O–H groups in total. The third kappa shape index (κ3) is 2.02. The van der Waals surface area contributed by atoms with Crippen molar-refractivity contribution in [2.24, 2.45) is 5.73 Å². The van der Waals surface area contributed by atoms with E-state index in [2.05, 4.69) is 49.4 Å². The van der Waals surface area contributed by atoms with Crippen molar-refractivity contribution in [2.45, 2.75) is 19.3 Å². The van der Waals surface area contributed by atoms with Gasteiger partial charge in [-0.3, -0.25) is 0 Å². The van der Waals surface area contributed by atoms with Crippen LogP contribution in [0.5, 0.6) is 0 Å². The van der Waals surface area contributed by atoms with E-state index in [0.717, 1.165) is 13.0 Å². The van der Waals surface area contributed by atoms with Gasteiger partial charge in [0.05, 0.1) is 0 Å². The lowest BCUT2D eigenvalue weighted by Crippen LogP contribution is -2.04. The molecular weight excluding hydrogens is 182 g/mol. The Bertz CT molecular complexity index is 443. The van der Waals surface area contributed by atoms with E-state index in [1.807, 2.05) is 0 Å². The first kappa shape index (κ1) is 10.2. The van der Waals surface area contributed by atoms with Gasteiger partial charge in [0.15, 0.2) is 0 Å². The maximum Gasteiger partial charge on any atom is -0.00715 e. The highest BCUT2D eigenvalue weighted by molar-refractivity contribution is 5.86. The molecule has 0 aliphatic heterocycles. The van der Waals surface area contributed by atoms with Crippen LogP contribution < -0.4 is 5.73 Å². The summed E-state index contributed by atoms with van der Waals surface area (Å²) in [6.45, 7) is 3.00. The molecule has 1 atom stereocenters. The van der Waals surface area contributed by atoms with E-state index in [1.165, 1.54) is 16.3 Å². The van der Waals surface area contributed by atoms with Gasteiger partial charge in [-0.25, -0.2) is 0 Å². The number of hydrogen-bond donors (Lipinski definition) is 1. The molecule has 0 aliphatic rings. The fourth-order valence-electron chi connectivity index (χ4n) is 2.09. The molecule has 0 aliphatic carbocycles. The molecule has 0 radical (unpaired) electrons. The van der Waals surface area contributed by atoms with Crippen molar-refractivity contribution in [1.82, 2.24) is 0 Å². The summed E-state index contributed by atoms with van der Waals surface area (Å²) in [6.07, 6.45) is 1.05. The van der Waals surface area contributed by atoms with E-state index in [1.54, 1.807) is 0 Å². The Morgan fingerprint density at radius 3 is 2.60 bits per heavy atom. The SMILES string of the molecule is CC(CCN)c1cccc2ccccc12. The second kappa shape index (κ2) is 4.45. The van der Waals surface area contributed by atoms with Crippen LogP contribution in [0.15, 0.2) is 42.5 Å². The van der Waals surface area contributed by atoms with E-state index in [9.17, 15) is 0 Å². The molecule has 0 aromatic heterocycles. The van der Waals surface area contributed by atoms with E-state index >= 15 is 0 Å². The van der Waals surface area contributed by atoms with Gasteiger partial charge in [-0.1, -0.05) is 49.4 Å². The van der Waals surface area contributed by atoms with Crippen LogP contribution in [0.2, 0.25) is 0 Å². The van der Waals surface area contributed by atoms with E-state index in [4.69, 9.17) is 5.73 Å². The summed E-state index contributed by atoms with van der Waals surface area (Å²) in [5.41, 5.74) is 7.03. The quantitative estimate of drug-likeness (QED) is 0.806. The summed E-state index contributed by atoms with van der Waals surface area (Å²) in [5, 5.41) is 2.68. The molecule has 2 aromatic carbocycles. The molecule has 78 valence electrons. The first-order valence-corrected chi connectivity index (χ1v) is 5.50. The van der Waals surface area contributed by atoms with Gasteiger partial charge in [-0.05, 0) is 35.2 Å². The molecule has 1 unspecified atom stereocenters. The molecule has 0 saturated carbocycles. The molecule has 1 nitrogen and oxygen atoms in total. The summed E-state index contributed by atoms with van der Waals surface area (Å²) in [6, 6.07) is 15.0. The summed E-state index contributed by atoms with van der Waals surface area (Å²) in [7, 11) is 0. The van der Waals surface area contributed by atoms with Gasteiger partial charge >= 0.3 is 0 Å². The Balaban J connectivity index is 2.50. The van der Waals surface area contributed by atoms with Gasteiger partial charge in [-0.15, -0.1) is 0 Å². The molecule has 0 saturated heterocycles. The molecule has 0 amide bonds. The number of fused-ring (bicyclic) bond motifs is 1. The highest BCUT2D eigenvalue weighted by atomic mass is 14.5. The molecule has 15 heavy (non-hydrogen) atoms. The summed E-state index contributed by atoms with van der Waals surface area (Å²) >= 11 is 0. The van der Waals surface area contributed by atoms with Crippen LogP contribution in [0.3, 0.4) is 0 Å². The molecular formula is C14H17N. The Morgan fingerprint density at radius 1 is 1.07 bits per heavy atom. The monoisotopic (exact) mass is 199 g/mol. The second-order valence-electron chi connectivity index (χ2n) is 4.05. The first-order chi connectivity index (χ1) is 7.33. The van der Waals surface area contributed by atoms with Gasteiger partial charge in [0.1, 0.15) is 0 Å². The van der Waals surface area contributed by atoms with Crippen molar-refractivity contribution in [1.29, 1.82) is 0 Å². The summed E-state index contributed by atoms with van der Waals surface area (Å²) in [4.78, 5) is 0. The van der Waals surface area contributed by atoms with Crippen LogP contribution in [0, 0.1) is 0 Å². The van der Waals surface area contributed by atoms with Crippen molar-refractivity contribution in [3.05, 3.63) is 48.0 Å². The van der Waals surface area contributed by atoms with Crippen molar-refractivity contribution >= 4 is 10.8 Å². The fourth-order valence-corrected chi connectivity index (χ4v) is 2.09. The highest BCUT2D eigenvalue weighted by Gasteiger charge is 2.07. The average Bonchev–Trinajstić information content (AvgIpc) is 2.28. The Labute approximate surface area is 90.9 Å². The zero-order chi connectivity index (χ0) is 10.7. The van der Waals surface area contributed by atoms with E-state index in [-0.39, 0.29) is 0 Å². The number of benzene rings is 2. The molecule has 2 aromatic rings. The number of rotatable bonds is 3. The van der Waals surface area contributed by atoms with Crippen LogP contribution in [0.25, 0.3) is 10.8 Å². The molecule has 2 rings (SSSR count). The predicted octanol–water partition coefficient (Wildman–Crippen LogP) is 3.29. The molecule has 0 fully saturated rings. The topological polar surface area (TPSA) is 26.0 Å². The Kier molecular flexibility index (Phi) is 3.02. The lowest BCUT2D eigenvalue weighted by atomic mass is 9.93. The molecule has 1 heteroatoms. The minimum atomic E-state index is 0.543. The lowest BCUT2D eigenvalue weighted by Gasteiger charge is -2.13. The zero-order valence-corrected chi connectivity index (χ0v) is 9.11. The van der Waals surface area contributed by atoms with Crippen molar-refractivity contribution in [3.8, 4) is 0 Å². The number of hydrogen-bond acceptors (Lipinski definition) is 1. The lowest BCUT2D eigenvalue weighted by molar-refractivity contribution is 0.695. The maximum absolute atomic E-state index is 5.61. The van der Waals surface area contributed by atoms with Gasteiger partial charge in [0, 0.05) is 0 Å². The van der Waals surface area contributed by atoms with Crippen LogP contribution in [0.4, 0.5) is 0 Å². The standard InChI is InChI=1S/C14H17N/c1-11(9-10-15)13-8-4-6-12-5-2-3-7-14(12)13/h2-8,11H,9-10,15H2,1H3. The predicted molar refractivity (Wildman–Crippen MR) is 66.0 cm³/mol. The maximum atomic E-state index is 5.61. The average molecular weight is 199 g/mol. The first-order valence-electron chi connectivity index (χ1n) is 5.50. The van der Waals surface area contributed by atoms with Gasteiger partial charge in [-0.2, -0.15) is 0 Å². The van der Waals surface area contributed by atoms with E-state index in [0.29, 0.717) is 5.92 Å². The summed E-state index contributed by atoms with van der Waals surface area (Å²) < 4.78 is 0. The fraction of sp³-hybridized carbons (Fsp3) is 0.286. The van der Waals surface area contributed by atoms with Gasteiger partial charge in [0.25, 0.3) is 0 Å². The van der Waals surface area contributed by atoms with Crippen LogP contribution in [-0.2, 0) is 0 Å². The third-order valence-corrected chi connectivity index (χ3v) is 2.95. The zero-order valence-electron chi connectivity index (χ0n) is 9.11. The minimum absolute atomic E-state index is 0.543. The van der Waals surface area contributed by atoms with Gasteiger partial charge < -0.3 is 5.73 Å². The Hall–Kier alpha value is -1.34. The Morgan fingerprint density at radius 2 is 1.80 bits per heavy atom. The van der Waals surface area contributed by atoms with E-state index < -0.39 is 0 Å². The third-order valence-electron chi connectivity index (χ3n) is 2.95. The largest absolute Gasteiger partial charge is 0.330 e. The second-order valence-corrected chi connectivity index (χ2v) is 4.05. The van der Waals surface area contributed by atoms with Crippen molar-refractivity contribution in [2.75, 3.05) is 6.54 Å². The van der Waals surface area contributed by atoms with Crippen molar-refractivity contribution < 1.29 is 0 Å². The van der Waals surface area contributed by atoms with Crippen LogP contribution >= 0.6 is 0 Å². The molecule has 0 bridgehead atoms. The van der Waals surface area contributed by atoms with Gasteiger partial charge in [0.2, 0.25) is 0 Å². The number of nitrogens with two attached hydrogens (primary N) is 1. The van der Waals surface area contributed by atoms with Crippen LogP contribution in [-0.4, -0.2) is 6.54 Å². The normalized spacial score (nSPS) is 12.9. The minimum Gasteiger partial charge on any atom is -0.330 e. The van der Waals surface area contributed by atoms with Crippen LogP contribution in [0.1, 0.15) is 24.8 Å². The highest BCUT2D eigenvalue weighted by Crippen LogP contribution is 2.26. The molecule has 0 heterocycles. The molecule has 0 spiro atoms. The van der Waals surface area contributed by atoms with Crippen molar-refractivity contribution in [3.63, 3.8) is 0 Å².